The third-order valence-electron chi connectivity index (χ3n) is 2.23. The van der Waals surface area contributed by atoms with Crippen LogP contribution in [0.5, 0.6) is 0 Å². The van der Waals surface area contributed by atoms with Gasteiger partial charge in [-0.1, -0.05) is 12.0 Å². The molecule has 110 valence electrons. The van der Waals surface area contributed by atoms with Crippen LogP contribution in [0.25, 0.3) is 0 Å². The number of benzene rings is 1. The number of hydrogen-bond donors (Lipinski definition) is 2. The van der Waals surface area contributed by atoms with Crippen molar-refractivity contribution in [2.45, 2.75) is 0 Å². The summed E-state index contributed by atoms with van der Waals surface area (Å²) in [6.07, 6.45) is 4.93. The molecule has 2 N–H and O–H groups in total. The number of amides is 2. The molecule has 7 heteroatoms. The zero-order valence-corrected chi connectivity index (χ0v) is 11.0. The van der Waals surface area contributed by atoms with Crippen molar-refractivity contribution in [1.82, 2.24) is 10.6 Å². The van der Waals surface area contributed by atoms with Gasteiger partial charge in [0.2, 0.25) is 0 Å². The van der Waals surface area contributed by atoms with Crippen molar-refractivity contribution in [2.24, 2.45) is 0 Å². The van der Waals surface area contributed by atoms with Gasteiger partial charge in [0.05, 0.1) is 6.54 Å². The number of esters is 1. The first kappa shape index (κ1) is 16.2. The third-order valence-corrected chi connectivity index (χ3v) is 2.23. The highest BCUT2D eigenvalue weighted by Crippen LogP contribution is 2.02. The maximum atomic E-state index is 12.9. The third kappa shape index (κ3) is 6.20. The highest BCUT2D eigenvalue weighted by Gasteiger charge is 2.10. The predicted octanol–water partition coefficient (Wildman–Crippen LogP) is -0.152. The van der Waals surface area contributed by atoms with Gasteiger partial charge in [-0.05, 0) is 18.2 Å². The summed E-state index contributed by atoms with van der Waals surface area (Å²) in [4.78, 5) is 34.0. The molecule has 0 heterocycles. The Morgan fingerprint density at radius 1 is 1.29 bits per heavy atom. The summed E-state index contributed by atoms with van der Waals surface area (Å²) in [6.45, 7) is -0.888. The van der Waals surface area contributed by atoms with Gasteiger partial charge in [-0.2, -0.15) is 0 Å². The lowest BCUT2D eigenvalue weighted by molar-refractivity contribution is -0.147. The molecule has 0 fully saturated rings. The van der Waals surface area contributed by atoms with E-state index in [1.807, 2.05) is 0 Å². The fraction of sp³-hybridized carbons (Fsp3) is 0.214. The van der Waals surface area contributed by atoms with Crippen LogP contribution >= 0.6 is 0 Å². The summed E-state index contributed by atoms with van der Waals surface area (Å²) in [5.74, 6) is -0.332. The normalized spacial score (nSPS) is 9.33. The number of hydrogen-bond acceptors (Lipinski definition) is 4. The molecule has 1 aromatic carbocycles. The summed E-state index contributed by atoms with van der Waals surface area (Å²) in [6, 6.07) is 5.00. The topological polar surface area (TPSA) is 84.5 Å². The average Bonchev–Trinajstić information content (AvgIpc) is 2.48. The number of terminal acetylenes is 1. The quantitative estimate of drug-likeness (QED) is 0.564. The van der Waals surface area contributed by atoms with Crippen molar-refractivity contribution >= 4 is 17.8 Å². The van der Waals surface area contributed by atoms with E-state index in [-0.39, 0.29) is 12.1 Å². The van der Waals surface area contributed by atoms with Gasteiger partial charge in [0, 0.05) is 5.56 Å². The minimum atomic E-state index is -0.796. The fourth-order valence-electron chi connectivity index (χ4n) is 1.28. The lowest BCUT2D eigenvalue weighted by Crippen LogP contribution is -2.34. The molecule has 0 radical (unpaired) electrons. The molecule has 0 aliphatic heterocycles. The minimum Gasteiger partial charge on any atom is -0.454 e. The maximum absolute atomic E-state index is 12.9. The Bertz CT molecular complexity index is 581. The Hall–Kier alpha value is -2.88. The number of carbonyl (C=O) groups excluding carboxylic acids is 3. The van der Waals surface area contributed by atoms with E-state index in [1.165, 1.54) is 18.2 Å². The molecule has 0 aliphatic carbocycles. The molecular weight excluding hydrogens is 279 g/mol. The highest BCUT2D eigenvalue weighted by atomic mass is 19.1. The molecule has 0 spiro atoms. The zero-order valence-electron chi connectivity index (χ0n) is 11.0. The largest absolute Gasteiger partial charge is 0.454 e. The fourth-order valence-corrected chi connectivity index (χ4v) is 1.28. The van der Waals surface area contributed by atoms with E-state index in [2.05, 4.69) is 21.3 Å². The predicted molar refractivity (Wildman–Crippen MR) is 71.5 cm³/mol. The van der Waals surface area contributed by atoms with Crippen LogP contribution in [0.15, 0.2) is 24.3 Å². The lowest BCUT2D eigenvalue weighted by Gasteiger charge is -2.06. The Morgan fingerprint density at radius 3 is 2.71 bits per heavy atom. The number of rotatable bonds is 6. The van der Waals surface area contributed by atoms with Gasteiger partial charge < -0.3 is 15.4 Å². The first-order valence-corrected chi connectivity index (χ1v) is 5.92. The van der Waals surface area contributed by atoms with Gasteiger partial charge in [-0.3, -0.25) is 14.4 Å². The minimum absolute atomic E-state index is 0.0344. The average molecular weight is 292 g/mol. The first-order valence-electron chi connectivity index (χ1n) is 5.92. The second-order valence-corrected chi connectivity index (χ2v) is 3.83. The van der Waals surface area contributed by atoms with Gasteiger partial charge in [-0.15, -0.1) is 6.42 Å². The number of nitrogens with one attached hydrogen (secondary N) is 2. The van der Waals surface area contributed by atoms with Gasteiger partial charge in [0.15, 0.2) is 6.61 Å². The van der Waals surface area contributed by atoms with Gasteiger partial charge in [0.1, 0.15) is 12.4 Å². The molecule has 6 nitrogen and oxygen atoms in total. The number of carbonyl (C=O) groups is 3. The molecule has 21 heavy (non-hydrogen) atoms. The van der Waals surface area contributed by atoms with E-state index in [0.29, 0.717) is 0 Å². The molecule has 1 rings (SSSR count). The summed E-state index contributed by atoms with van der Waals surface area (Å²) in [7, 11) is 0. The smallest absolute Gasteiger partial charge is 0.325 e. The maximum Gasteiger partial charge on any atom is 0.325 e. The number of halogens is 1. The van der Waals surface area contributed by atoms with Crippen molar-refractivity contribution in [2.75, 3.05) is 19.7 Å². The zero-order chi connectivity index (χ0) is 15.7. The summed E-state index contributed by atoms with van der Waals surface area (Å²) in [5, 5.41) is 4.55. The van der Waals surface area contributed by atoms with Crippen LogP contribution < -0.4 is 10.6 Å². The second-order valence-electron chi connectivity index (χ2n) is 3.83. The standard InChI is InChI=1S/C14H13FN2O4/c1-2-6-16-12(18)9-21-13(19)8-17-14(20)10-4-3-5-11(15)7-10/h1,3-5,7H,6,8-9H2,(H,16,18)(H,17,20). The molecule has 0 saturated heterocycles. The van der Waals surface area contributed by atoms with Crippen molar-refractivity contribution in [3.8, 4) is 12.3 Å². The van der Waals surface area contributed by atoms with Crippen molar-refractivity contribution in [3.05, 3.63) is 35.6 Å². The van der Waals surface area contributed by atoms with Crippen LogP contribution in [0.2, 0.25) is 0 Å². The van der Waals surface area contributed by atoms with Crippen LogP contribution in [0.3, 0.4) is 0 Å². The van der Waals surface area contributed by atoms with Gasteiger partial charge >= 0.3 is 5.97 Å². The Balaban J connectivity index is 2.31. The van der Waals surface area contributed by atoms with E-state index in [0.717, 1.165) is 6.07 Å². The van der Waals surface area contributed by atoms with Gasteiger partial charge in [0.25, 0.3) is 11.8 Å². The van der Waals surface area contributed by atoms with Crippen LogP contribution in [0.4, 0.5) is 4.39 Å². The van der Waals surface area contributed by atoms with Crippen LogP contribution in [0, 0.1) is 18.2 Å². The summed E-state index contributed by atoms with van der Waals surface area (Å²) >= 11 is 0. The molecule has 0 atom stereocenters. The Morgan fingerprint density at radius 2 is 2.05 bits per heavy atom. The Labute approximate surface area is 120 Å². The van der Waals surface area contributed by atoms with Crippen molar-refractivity contribution in [3.63, 3.8) is 0 Å². The van der Waals surface area contributed by atoms with E-state index in [9.17, 15) is 18.8 Å². The first-order chi connectivity index (χ1) is 10.0. The number of ether oxygens (including phenoxy) is 1. The molecule has 0 aromatic heterocycles. The second kappa shape index (κ2) is 8.32. The van der Waals surface area contributed by atoms with E-state index in [1.54, 1.807) is 0 Å². The lowest BCUT2D eigenvalue weighted by atomic mass is 10.2. The summed E-state index contributed by atoms with van der Waals surface area (Å²) < 4.78 is 17.5. The van der Waals surface area contributed by atoms with Crippen LogP contribution in [-0.4, -0.2) is 37.5 Å². The van der Waals surface area contributed by atoms with Crippen molar-refractivity contribution < 1.29 is 23.5 Å². The molecular formula is C14H13FN2O4. The van der Waals surface area contributed by atoms with E-state index < -0.39 is 36.8 Å². The molecule has 0 unspecified atom stereocenters. The van der Waals surface area contributed by atoms with E-state index >= 15 is 0 Å². The molecule has 1 aromatic rings. The summed E-state index contributed by atoms with van der Waals surface area (Å²) in [5.41, 5.74) is 0.0783. The van der Waals surface area contributed by atoms with Crippen molar-refractivity contribution in [1.29, 1.82) is 0 Å². The molecule has 2 amide bonds. The SMILES string of the molecule is C#CCNC(=O)COC(=O)CNC(=O)c1cccc(F)c1. The van der Waals surface area contributed by atoms with E-state index in [4.69, 9.17) is 6.42 Å². The molecule has 0 aliphatic rings. The van der Waals surface area contributed by atoms with Crippen LogP contribution in [-0.2, 0) is 14.3 Å². The Kier molecular flexibility index (Phi) is 6.41. The highest BCUT2D eigenvalue weighted by molar-refractivity contribution is 5.96. The van der Waals surface area contributed by atoms with Crippen LogP contribution in [0.1, 0.15) is 10.4 Å². The molecule has 0 saturated carbocycles. The van der Waals surface area contributed by atoms with Gasteiger partial charge in [-0.25, -0.2) is 4.39 Å². The monoisotopic (exact) mass is 292 g/mol. The molecule has 0 bridgehead atoms.